The maximum absolute atomic E-state index is 13.8. The molecule has 5 rings (SSSR count). The van der Waals surface area contributed by atoms with Gasteiger partial charge < -0.3 is 20.1 Å². The summed E-state index contributed by atoms with van der Waals surface area (Å²) in [5.41, 5.74) is 5.14. The maximum atomic E-state index is 13.8. The topological polar surface area (TPSA) is 76.7 Å². The van der Waals surface area contributed by atoms with Gasteiger partial charge in [0.2, 0.25) is 0 Å². The average molecular weight is 469 g/mol. The molecular weight excluding hydrogens is 440 g/mol. The molecular formula is C29H28N2O4. The van der Waals surface area contributed by atoms with Crippen molar-refractivity contribution in [3.05, 3.63) is 101 Å². The fourth-order valence-electron chi connectivity index (χ4n) is 4.91. The fraction of sp³-hybridized carbons (Fsp3) is 0.241. The highest BCUT2D eigenvalue weighted by molar-refractivity contribution is 6.11. The Kier molecular flexibility index (Phi) is 6.27. The minimum Gasteiger partial charge on any atom is -0.489 e. The van der Waals surface area contributed by atoms with E-state index in [0.29, 0.717) is 24.4 Å². The van der Waals surface area contributed by atoms with Crippen molar-refractivity contribution < 1.29 is 19.1 Å². The molecule has 1 heterocycles. The first-order valence-electron chi connectivity index (χ1n) is 11.8. The molecule has 6 nitrogen and oxygen atoms in total. The van der Waals surface area contributed by atoms with Gasteiger partial charge >= 0.3 is 5.97 Å². The number of carbonyl (C=O) groups is 2. The highest BCUT2D eigenvalue weighted by atomic mass is 16.5. The Labute approximate surface area is 205 Å². The van der Waals surface area contributed by atoms with Crippen molar-refractivity contribution >= 4 is 23.1 Å². The van der Waals surface area contributed by atoms with Crippen molar-refractivity contribution in [3.63, 3.8) is 0 Å². The first-order valence-corrected chi connectivity index (χ1v) is 11.8. The van der Waals surface area contributed by atoms with Crippen molar-refractivity contribution in [2.45, 2.75) is 26.0 Å². The lowest BCUT2D eigenvalue weighted by atomic mass is 9.75. The van der Waals surface area contributed by atoms with Crippen LogP contribution in [0.4, 0.5) is 11.4 Å². The zero-order valence-corrected chi connectivity index (χ0v) is 19.8. The first-order chi connectivity index (χ1) is 17.0. The predicted octanol–water partition coefficient (Wildman–Crippen LogP) is 5.50. The predicted molar refractivity (Wildman–Crippen MR) is 135 cm³/mol. The molecule has 6 heteroatoms. The van der Waals surface area contributed by atoms with E-state index in [1.807, 2.05) is 85.8 Å². The Morgan fingerprint density at radius 1 is 0.971 bits per heavy atom. The van der Waals surface area contributed by atoms with Gasteiger partial charge in [0, 0.05) is 11.3 Å². The van der Waals surface area contributed by atoms with Crippen LogP contribution >= 0.6 is 0 Å². The van der Waals surface area contributed by atoms with Gasteiger partial charge in [-0.15, -0.1) is 0 Å². The minimum absolute atomic E-state index is 0.173. The number of hydrogen-bond acceptors (Lipinski definition) is 6. The molecule has 2 aliphatic rings. The quantitative estimate of drug-likeness (QED) is 0.381. The van der Waals surface area contributed by atoms with Crippen LogP contribution in [0.25, 0.3) is 0 Å². The van der Waals surface area contributed by atoms with Gasteiger partial charge in [0.25, 0.3) is 0 Å². The second-order valence-corrected chi connectivity index (χ2v) is 9.03. The van der Waals surface area contributed by atoms with Crippen LogP contribution in [0.5, 0.6) is 5.75 Å². The monoisotopic (exact) mass is 468 g/mol. The molecule has 0 bridgehead atoms. The molecule has 35 heavy (non-hydrogen) atoms. The lowest BCUT2D eigenvalue weighted by molar-refractivity contribution is -0.151. The highest BCUT2D eigenvalue weighted by Gasteiger charge is 2.44. The molecule has 0 saturated carbocycles. The Morgan fingerprint density at radius 3 is 2.49 bits per heavy atom. The second-order valence-electron chi connectivity index (χ2n) is 9.03. The number of benzene rings is 3. The largest absolute Gasteiger partial charge is 0.489 e. The fourth-order valence-corrected chi connectivity index (χ4v) is 4.91. The van der Waals surface area contributed by atoms with Crippen molar-refractivity contribution in [3.8, 4) is 5.75 Å². The number of rotatable bonds is 5. The molecule has 3 atom stereocenters. The Hall–Kier alpha value is -4.06. The molecule has 0 aromatic heterocycles. The van der Waals surface area contributed by atoms with E-state index in [9.17, 15) is 9.59 Å². The third-order valence-corrected chi connectivity index (χ3v) is 6.66. The van der Waals surface area contributed by atoms with E-state index in [0.717, 1.165) is 28.2 Å². The van der Waals surface area contributed by atoms with Gasteiger partial charge in [-0.2, -0.15) is 0 Å². The van der Waals surface area contributed by atoms with Gasteiger partial charge in [-0.1, -0.05) is 61.5 Å². The normalized spacial score (nSPS) is 21.1. The number of nitrogens with one attached hydrogen (secondary N) is 2. The first kappa shape index (κ1) is 22.7. The van der Waals surface area contributed by atoms with Crippen LogP contribution in [-0.4, -0.2) is 18.9 Å². The number of esters is 1. The molecule has 178 valence electrons. The number of para-hydroxylation sites is 2. The third kappa shape index (κ3) is 4.52. The minimum atomic E-state index is -0.830. The third-order valence-electron chi connectivity index (χ3n) is 6.66. The number of carbonyl (C=O) groups excluding carboxylic acids is 2. The van der Waals surface area contributed by atoms with Crippen LogP contribution in [-0.2, 0) is 20.9 Å². The summed E-state index contributed by atoms with van der Waals surface area (Å²) in [6.45, 7) is 2.36. The highest BCUT2D eigenvalue weighted by Crippen LogP contribution is 2.44. The number of hydrogen-bond donors (Lipinski definition) is 2. The van der Waals surface area contributed by atoms with Gasteiger partial charge in [0.05, 0.1) is 24.5 Å². The number of methoxy groups -OCH3 is 1. The van der Waals surface area contributed by atoms with Gasteiger partial charge in [-0.05, 0) is 47.7 Å². The second kappa shape index (κ2) is 9.66. The zero-order valence-electron chi connectivity index (χ0n) is 19.8. The number of fused-ring (bicyclic) bond motifs is 1. The standard InChI is InChI=1S/C29H28N2O4/c1-18-15-24-26(28(32)25(18)29(33)34-2)27(31-23-14-7-6-13-22(23)30-24)20-11-8-12-21(16-20)35-17-19-9-4-3-5-10-19/h3-14,16,18,25,27,30-31H,15,17H2,1-2H3. The molecule has 0 fully saturated rings. The molecule has 1 aliphatic heterocycles. The van der Waals surface area contributed by atoms with Crippen LogP contribution < -0.4 is 15.4 Å². The SMILES string of the molecule is COC(=O)C1C(=O)C2=C(CC1C)Nc1ccccc1NC2c1cccc(OCc2ccccc2)c1. The van der Waals surface area contributed by atoms with Crippen molar-refractivity contribution in [1.29, 1.82) is 0 Å². The van der Waals surface area contributed by atoms with Gasteiger partial charge in [0.15, 0.2) is 5.78 Å². The lowest BCUT2D eigenvalue weighted by Crippen LogP contribution is -2.39. The Balaban J connectivity index is 1.54. The number of allylic oxidation sites excluding steroid dienone is 1. The Bertz CT molecular complexity index is 1280. The molecule has 0 radical (unpaired) electrons. The summed E-state index contributed by atoms with van der Waals surface area (Å²) in [6, 6.07) is 25.2. The molecule has 2 N–H and O–H groups in total. The maximum Gasteiger partial charge on any atom is 0.316 e. The zero-order chi connectivity index (χ0) is 24.4. The number of Topliss-reactive ketones (excluding diaryl/α,β-unsaturated/α-hetero) is 1. The van der Waals surface area contributed by atoms with Gasteiger partial charge in [-0.25, -0.2) is 0 Å². The van der Waals surface area contributed by atoms with Gasteiger partial charge in [0.1, 0.15) is 18.3 Å². The van der Waals surface area contributed by atoms with Crippen LogP contribution in [0, 0.1) is 11.8 Å². The van der Waals surface area contributed by atoms with Crippen molar-refractivity contribution in [2.24, 2.45) is 11.8 Å². The lowest BCUT2D eigenvalue weighted by Gasteiger charge is -2.32. The molecule has 3 aromatic carbocycles. The van der Waals surface area contributed by atoms with E-state index >= 15 is 0 Å². The van der Waals surface area contributed by atoms with E-state index in [-0.39, 0.29) is 11.7 Å². The van der Waals surface area contributed by atoms with Crippen LogP contribution in [0.3, 0.4) is 0 Å². The summed E-state index contributed by atoms with van der Waals surface area (Å²) in [4.78, 5) is 26.3. The molecule has 0 amide bonds. The van der Waals surface area contributed by atoms with Crippen LogP contribution in [0.15, 0.2) is 90.1 Å². The smallest absolute Gasteiger partial charge is 0.316 e. The van der Waals surface area contributed by atoms with E-state index in [1.54, 1.807) is 0 Å². The summed E-state index contributed by atoms with van der Waals surface area (Å²) in [5, 5.41) is 7.02. The van der Waals surface area contributed by atoms with E-state index in [1.165, 1.54) is 7.11 Å². The molecule has 3 aromatic rings. The average Bonchev–Trinajstić information content (AvgIpc) is 3.05. The molecule has 3 unspecified atom stereocenters. The number of anilines is 2. The summed E-state index contributed by atoms with van der Waals surface area (Å²) in [7, 11) is 1.33. The number of ketones is 1. The van der Waals surface area contributed by atoms with E-state index in [4.69, 9.17) is 9.47 Å². The summed E-state index contributed by atoms with van der Waals surface area (Å²) < 4.78 is 11.1. The van der Waals surface area contributed by atoms with Crippen molar-refractivity contribution in [1.82, 2.24) is 0 Å². The number of ether oxygens (including phenoxy) is 2. The van der Waals surface area contributed by atoms with E-state index in [2.05, 4.69) is 10.6 Å². The molecule has 0 saturated heterocycles. The van der Waals surface area contributed by atoms with Crippen LogP contribution in [0.1, 0.15) is 30.5 Å². The summed E-state index contributed by atoms with van der Waals surface area (Å²) >= 11 is 0. The van der Waals surface area contributed by atoms with Crippen molar-refractivity contribution in [2.75, 3.05) is 17.7 Å². The Morgan fingerprint density at radius 2 is 1.71 bits per heavy atom. The molecule has 1 aliphatic carbocycles. The molecule has 0 spiro atoms. The van der Waals surface area contributed by atoms with Crippen LogP contribution in [0.2, 0.25) is 0 Å². The van der Waals surface area contributed by atoms with Gasteiger partial charge in [-0.3, -0.25) is 9.59 Å². The van der Waals surface area contributed by atoms with E-state index < -0.39 is 17.9 Å². The summed E-state index contributed by atoms with van der Waals surface area (Å²) in [5.74, 6) is -0.994. The summed E-state index contributed by atoms with van der Waals surface area (Å²) in [6.07, 6.45) is 0.567.